The zero-order chi connectivity index (χ0) is 9.97. The van der Waals surface area contributed by atoms with Gasteiger partial charge < -0.3 is 10.1 Å². The van der Waals surface area contributed by atoms with Gasteiger partial charge >= 0.3 is 0 Å². The van der Waals surface area contributed by atoms with E-state index in [1.807, 2.05) is 13.0 Å². The molecule has 0 aromatic carbocycles. The Kier molecular flexibility index (Phi) is 2.68. The summed E-state index contributed by atoms with van der Waals surface area (Å²) in [5, 5.41) is 3.47. The molecule has 3 heteroatoms. The van der Waals surface area contributed by atoms with Crippen molar-refractivity contribution in [3.05, 3.63) is 23.4 Å². The molecule has 0 saturated heterocycles. The second-order valence-electron chi connectivity index (χ2n) is 3.81. The fourth-order valence-corrected chi connectivity index (χ4v) is 1.46. The van der Waals surface area contributed by atoms with E-state index in [0.717, 1.165) is 18.3 Å². The molecule has 1 fully saturated rings. The van der Waals surface area contributed by atoms with Crippen molar-refractivity contribution in [2.24, 2.45) is 0 Å². The summed E-state index contributed by atoms with van der Waals surface area (Å²) in [6.45, 7) is 2.91. The van der Waals surface area contributed by atoms with Crippen LogP contribution < -0.4 is 10.1 Å². The van der Waals surface area contributed by atoms with Crippen LogP contribution >= 0.6 is 0 Å². The van der Waals surface area contributed by atoms with Gasteiger partial charge in [0.1, 0.15) is 0 Å². The highest BCUT2D eigenvalue weighted by Crippen LogP contribution is 2.20. The number of aromatic nitrogens is 1. The van der Waals surface area contributed by atoms with Crippen LogP contribution in [0.2, 0.25) is 0 Å². The average molecular weight is 192 g/mol. The van der Waals surface area contributed by atoms with E-state index in [9.17, 15) is 0 Å². The SMILES string of the molecule is COc1cc(CNC2CC2)cc(C)n1. The first-order valence-corrected chi connectivity index (χ1v) is 5.03. The van der Waals surface area contributed by atoms with E-state index in [2.05, 4.69) is 16.4 Å². The standard InChI is InChI=1S/C11H16N2O/c1-8-5-9(6-11(13-8)14-2)7-12-10-3-4-10/h5-6,10,12H,3-4,7H2,1-2H3. The summed E-state index contributed by atoms with van der Waals surface area (Å²) in [6.07, 6.45) is 2.64. The van der Waals surface area contributed by atoms with E-state index in [-0.39, 0.29) is 0 Å². The smallest absolute Gasteiger partial charge is 0.213 e. The van der Waals surface area contributed by atoms with Crippen LogP contribution in [0.3, 0.4) is 0 Å². The first kappa shape index (κ1) is 9.46. The first-order chi connectivity index (χ1) is 6.78. The van der Waals surface area contributed by atoms with Crippen molar-refractivity contribution in [1.82, 2.24) is 10.3 Å². The quantitative estimate of drug-likeness (QED) is 0.787. The third-order valence-corrected chi connectivity index (χ3v) is 2.37. The normalized spacial score (nSPS) is 15.6. The average Bonchev–Trinajstić information content (AvgIpc) is 2.97. The second-order valence-corrected chi connectivity index (χ2v) is 3.81. The van der Waals surface area contributed by atoms with Crippen LogP contribution in [0.4, 0.5) is 0 Å². The molecular formula is C11H16N2O. The Balaban J connectivity index is 2.03. The number of methoxy groups -OCH3 is 1. The Bertz CT molecular complexity index is 321. The Morgan fingerprint density at radius 1 is 1.50 bits per heavy atom. The van der Waals surface area contributed by atoms with Crippen molar-refractivity contribution >= 4 is 0 Å². The topological polar surface area (TPSA) is 34.1 Å². The van der Waals surface area contributed by atoms with Gasteiger partial charge in [0.2, 0.25) is 5.88 Å². The van der Waals surface area contributed by atoms with Gasteiger partial charge in [-0.15, -0.1) is 0 Å². The van der Waals surface area contributed by atoms with Crippen molar-refractivity contribution in [1.29, 1.82) is 0 Å². The number of rotatable bonds is 4. The highest BCUT2D eigenvalue weighted by Gasteiger charge is 2.19. The second kappa shape index (κ2) is 3.96. The van der Waals surface area contributed by atoms with E-state index >= 15 is 0 Å². The first-order valence-electron chi connectivity index (χ1n) is 5.03. The Labute approximate surface area is 84.5 Å². The molecule has 1 aromatic rings. The fourth-order valence-electron chi connectivity index (χ4n) is 1.46. The monoisotopic (exact) mass is 192 g/mol. The van der Waals surface area contributed by atoms with E-state index < -0.39 is 0 Å². The fraction of sp³-hybridized carbons (Fsp3) is 0.545. The van der Waals surface area contributed by atoms with Gasteiger partial charge in [0, 0.05) is 24.3 Å². The van der Waals surface area contributed by atoms with E-state index in [0.29, 0.717) is 5.88 Å². The summed E-state index contributed by atoms with van der Waals surface area (Å²) in [5.74, 6) is 0.706. The van der Waals surface area contributed by atoms with Crippen LogP contribution in [0, 0.1) is 6.92 Å². The molecule has 1 saturated carbocycles. The molecule has 0 spiro atoms. The van der Waals surface area contributed by atoms with Crippen LogP contribution in [0.15, 0.2) is 12.1 Å². The van der Waals surface area contributed by atoms with Gasteiger partial charge in [-0.25, -0.2) is 4.98 Å². The van der Waals surface area contributed by atoms with Crippen molar-refractivity contribution in [3.63, 3.8) is 0 Å². The van der Waals surface area contributed by atoms with Gasteiger partial charge in [-0.3, -0.25) is 0 Å². The highest BCUT2D eigenvalue weighted by molar-refractivity contribution is 5.24. The Morgan fingerprint density at radius 2 is 2.29 bits per heavy atom. The minimum absolute atomic E-state index is 0.706. The summed E-state index contributed by atoms with van der Waals surface area (Å²) in [4.78, 5) is 4.25. The molecule has 3 nitrogen and oxygen atoms in total. The van der Waals surface area contributed by atoms with Crippen LogP contribution in [0.1, 0.15) is 24.1 Å². The molecule has 14 heavy (non-hydrogen) atoms. The van der Waals surface area contributed by atoms with Crippen molar-refractivity contribution in [2.45, 2.75) is 32.4 Å². The van der Waals surface area contributed by atoms with Gasteiger partial charge in [0.15, 0.2) is 0 Å². The summed E-state index contributed by atoms with van der Waals surface area (Å²) in [5.41, 5.74) is 2.26. The summed E-state index contributed by atoms with van der Waals surface area (Å²) < 4.78 is 5.12. The van der Waals surface area contributed by atoms with Crippen LogP contribution in [0.5, 0.6) is 5.88 Å². The van der Waals surface area contributed by atoms with Gasteiger partial charge in [0.05, 0.1) is 7.11 Å². The molecule has 1 N–H and O–H groups in total. The molecule has 0 bridgehead atoms. The van der Waals surface area contributed by atoms with Gasteiger partial charge in [-0.05, 0) is 31.4 Å². The molecular weight excluding hydrogens is 176 g/mol. The zero-order valence-electron chi connectivity index (χ0n) is 8.71. The maximum atomic E-state index is 5.12. The van der Waals surface area contributed by atoms with Gasteiger partial charge in [0.25, 0.3) is 0 Å². The molecule has 2 rings (SSSR count). The van der Waals surface area contributed by atoms with Crippen LogP contribution in [-0.2, 0) is 6.54 Å². The molecule has 0 radical (unpaired) electrons. The molecule has 0 amide bonds. The molecule has 0 aliphatic heterocycles. The molecule has 0 unspecified atom stereocenters. The number of nitrogens with zero attached hydrogens (tertiary/aromatic N) is 1. The van der Waals surface area contributed by atoms with Gasteiger partial charge in [-0.1, -0.05) is 0 Å². The zero-order valence-corrected chi connectivity index (χ0v) is 8.71. The highest BCUT2D eigenvalue weighted by atomic mass is 16.5. The third kappa shape index (κ3) is 2.45. The lowest BCUT2D eigenvalue weighted by Gasteiger charge is -2.06. The van der Waals surface area contributed by atoms with E-state index in [1.165, 1.54) is 18.4 Å². The number of hydrogen-bond donors (Lipinski definition) is 1. The minimum Gasteiger partial charge on any atom is -0.481 e. The Morgan fingerprint density at radius 3 is 2.93 bits per heavy atom. The third-order valence-electron chi connectivity index (χ3n) is 2.37. The number of nitrogens with one attached hydrogen (secondary N) is 1. The molecule has 1 aliphatic carbocycles. The summed E-state index contributed by atoms with van der Waals surface area (Å²) in [7, 11) is 1.65. The lowest BCUT2D eigenvalue weighted by atomic mass is 10.2. The number of hydrogen-bond acceptors (Lipinski definition) is 3. The number of ether oxygens (including phenoxy) is 1. The molecule has 0 atom stereocenters. The maximum Gasteiger partial charge on any atom is 0.213 e. The predicted octanol–water partition coefficient (Wildman–Crippen LogP) is 1.65. The summed E-state index contributed by atoms with van der Waals surface area (Å²) >= 11 is 0. The van der Waals surface area contributed by atoms with E-state index in [4.69, 9.17) is 4.74 Å². The Hall–Kier alpha value is -1.09. The van der Waals surface area contributed by atoms with Crippen molar-refractivity contribution in [2.75, 3.05) is 7.11 Å². The number of pyridine rings is 1. The van der Waals surface area contributed by atoms with Crippen LogP contribution in [0.25, 0.3) is 0 Å². The largest absolute Gasteiger partial charge is 0.481 e. The van der Waals surface area contributed by atoms with Crippen LogP contribution in [-0.4, -0.2) is 18.1 Å². The molecule has 1 heterocycles. The molecule has 76 valence electrons. The number of aryl methyl sites for hydroxylation is 1. The minimum atomic E-state index is 0.706. The maximum absolute atomic E-state index is 5.12. The van der Waals surface area contributed by atoms with Gasteiger partial charge in [-0.2, -0.15) is 0 Å². The lowest BCUT2D eigenvalue weighted by molar-refractivity contribution is 0.396. The molecule has 1 aromatic heterocycles. The predicted molar refractivity (Wildman–Crippen MR) is 55.4 cm³/mol. The summed E-state index contributed by atoms with van der Waals surface area (Å²) in [6, 6.07) is 4.83. The van der Waals surface area contributed by atoms with E-state index in [1.54, 1.807) is 7.11 Å². The lowest BCUT2D eigenvalue weighted by Crippen LogP contribution is -2.15. The molecule has 1 aliphatic rings. The van der Waals surface area contributed by atoms with Crippen molar-refractivity contribution < 1.29 is 4.74 Å². The van der Waals surface area contributed by atoms with Crippen molar-refractivity contribution in [3.8, 4) is 5.88 Å².